The summed E-state index contributed by atoms with van der Waals surface area (Å²) in [5.41, 5.74) is -0.0125. The molecule has 0 aromatic heterocycles. The van der Waals surface area contributed by atoms with Gasteiger partial charge < -0.3 is 9.47 Å². The van der Waals surface area contributed by atoms with Gasteiger partial charge in [0.1, 0.15) is 18.1 Å². The Bertz CT molecular complexity index is 546. The van der Waals surface area contributed by atoms with Crippen LogP contribution in [0.25, 0.3) is 0 Å². The topological polar surface area (TPSA) is 52.6 Å². The second kappa shape index (κ2) is 8.29. The lowest BCUT2D eigenvalue weighted by Crippen LogP contribution is -2.34. The predicted octanol–water partition coefficient (Wildman–Crippen LogP) is 4.10. The Balaban J connectivity index is 2.67. The van der Waals surface area contributed by atoms with Crippen LogP contribution in [-0.2, 0) is 16.1 Å². The predicted molar refractivity (Wildman–Crippen MR) is 92.0 cm³/mol. The molecule has 5 heteroatoms. The molecular formula is C18H26O4Si. The van der Waals surface area contributed by atoms with Crippen LogP contribution in [-0.4, -0.2) is 28.0 Å². The monoisotopic (exact) mass is 334 g/mol. The fourth-order valence-corrected chi connectivity index (χ4v) is 3.42. The van der Waals surface area contributed by atoms with Crippen LogP contribution >= 0.6 is 0 Å². The number of hydrogen-bond acceptors (Lipinski definition) is 4. The summed E-state index contributed by atoms with van der Waals surface area (Å²) in [4.78, 5) is 24.5. The lowest BCUT2D eigenvalue weighted by molar-refractivity contribution is -0.123. The van der Waals surface area contributed by atoms with E-state index in [0.29, 0.717) is 0 Å². The van der Waals surface area contributed by atoms with Crippen LogP contribution in [0.2, 0.25) is 5.54 Å². The van der Waals surface area contributed by atoms with E-state index in [4.69, 9.17) is 9.47 Å². The van der Waals surface area contributed by atoms with Gasteiger partial charge in [0.2, 0.25) is 9.52 Å². The summed E-state index contributed by atoms with van der Waals surface area (Å²) < 4.78 is 10.5. The van der Waals surface area contributed by atoms with Crippen molar-refractivity contribution in [3.05, 3.63) is 29.8 Å². The molecule has 0 aliphatic carbocycles. The molecule has 4 nitrogen and oxygen atoms in total. The molecule has 2 radical (unpaired) electrons. The molecule has 1 aromatic carbocycles. The minimum Gasteiger partial charge on any atom is -0.497 e. The van der Waals surface area contributed by atoms with Crippen molar-refractivity contribution in [3.8, 4) is 5.75 Å². The van der Waals surface area contributed by atoms with E-state index in [-0.39, 0.29) is 44.4 Å². The molecule has 0 saturated carbocycles. The van der Waals surface area contributed by atoms with Gasteiger partial charge in [-0.3, -0.25) is 9.59 Å². The van der Waals surface area contributed by atoms with Crippen molar-refractivity contribution in [2.45, 2.75) is 46.8 Å². The molecule has 0 aliphatic rings. The van der Waals surface area contributed by atoms with Crippen LogP contribution in [0.15, 0.2) is 24.3 Å². The van der Waals surface area contributed by atoms with Crippen molar-refractivity contribution < 1.29 is 19.1 Å². The molecule has 0 fully saturated rings. The van der Waals surface area contributed by atoms with E-state index >= 15 is 0 Å². The average Bonchev–Trinajstić information content (AvgIpc) is 2.48. The summed E-state index contributed by atoms with van der Waals surface area (Å²) in [6, 6.07) is 7.39. The van der Waals surface area contributed by atoms with E-state index < -0.39 is 0 Å². The minimum absolute atomic E-state index is 0.0853. The van der Waals surface area contributed by atoms with Gasteiger partial charge >= 0.3 is 0 Å². The smallest absolute Gasteiger partial charge is 0.268 e. The molecule has 1 rings (SSSR count). The zero-order valence-electron chi connectivity index (χ0n) is 14.8. The molecule has 0 heterocycles. The van der Waals surface area contributed by atoms with Gasteiger partial charge in [-0.05, 0) is 23.1 Å². The quantitative estimate of drug-likeness (QED) is 0.705. The SMILES string of the molecule is COc1cccc(COC(=O)[Si]C(C(=O)C(C)C)C(C)(C)C)c1. The third-order valence-electron chi connectivity index (χ3n) is 3.49. The maximum absolute atomic E-state index is 12.4. The highest BCUT2D eigenvalue weighted by Crippen LogP contribution is 2.33. The van der Waals surface area contributed by atoms with E-state index in [2.05, 4.69) is 0 Å². The summed E-state index contributed by atoms with van der Waals surface area (Å²) in [5.74, 6) is 0.760. The van der Waals surface area contributed by atoms with E-state index in [0.717, 1.165) is 11.3 Å². The maximum atomic E-state index is 12.4. The number of ether oxygens (including phenoxy) is 2. The largest absolute Gasteiger partial charge is 0.497 e. The highest BCUT2D eigenvalue weighted by Gasteiger charge is 2.35. The zero-order valence-corrected chi connectivity index (χ0v) is 15.8. The molecule has 126 valence electrons. The number of carbonyl (C=O) groups is 2. The Hall–Kier alpha value is -1.62. The van der Waals surface area contributed by atoms with E-state index in [1.54, 1.807) is 7.11 Å². The van der Waals surface area contributed by atoms with Gasteiger partial charge in [-0.25, -0.2) is 0 Å². The number of Topliss-reactive ketones (excluding diaryl/α,β-unsaturated/α-hetero) is 1. The second-order valence-electron chi connectivity index (χ2n) is 6.93. The molecule has 0 N–H and O–H groups in total. The molecule has 23 heavy (non-hydrogen) atoms. The van der Waals surface area contributed by atoms with Gasteiger partial charge in [0.15, 0.2) is 0 Å². The van der Waals surface area contributed by atoms with Crippen LogP contribution < -0.4 is 4.74 Å². The molecule has 1 aromatic rings. The molecule has 0 spiro atoms. The van der Waals surface area contributed by atoms with Crippen molar-refractivity contribution in [2.75, 3.05) is 7.11 Å². The Morgan fingerprint density at radius 1 is 1.22 bits per heavy atom. The average molecular weight is 334 g/mol. The standard InChI is InChI=1S/C18H26O4Si/c1-12(2)15(19)16(18(3,4)5)23-17(20)22-11-13-8-7-9-14(10-13)21-6/h7-10,12,16H,11H2,1-6H3. The second-order valence-corrected chi connectivity index (χ2v) is 8.20. The molecule has 1 unspecified atom stereocenters. The molecule has 0 bridgehead atoms. The van der Waals surface area contributed by atoms with Crippen molar-refractivity contribution in [1.82, 2.24) is 0 Å². The normalized spacial score (nSPS) is 12.8. The minimum atomic E-state index is -0.318. The molecule has 1 atom stereocenters. The maximum Gasteiger partial charge on any atom is 0.268 e. The highest BCUT2D eigenvalue weighted by atomic mass is 28.2. The highest BCUT2D eigenvalue weighted by molar-refractivity contribution is 6.76. The lowest BCUT2D eigenvalue weighted by atomic mass is 9.86. The fourth-order valence-electron chi connectivity index (χ4n) is 2.12. The summed E-state index contributed by atoms with van der Waals surface area (Å²) in [6.07, 6.45) is 0. The fraction of sp³-hybridized carbons (Fsp3) is 0.556. The third kappa shape index (κ3) is 6.18. The van der Waals surface area contributed by atoms with E-state index in [9.17, 15) is 9.59 Å². The number of methoxy groups -OCH3 is 1. The Kier molecular flexibility index (Phi) is 7.00. The molecule has 0 aliphatic heterocycles. The molecule has 0 amide bonds. The van der Waals surface area contributed by atoms with Crippen LogP contribution in [0, 0.1) is 11.3 Å². The van der Waals surface area contributed by atoms with Crippen LogP contribution in [0.3, 0.4) is 0 Å². The van der Waals surface area contributed by atoms with Gasteiger partial charge in [-0.1, -0.05) is 46.8 Å². The lowest BCUT2D eigenvalue weighted by Gasteiger charge is -2.29. The van der Waals surface area contributed by atoms with Gasteiger partial charge in [0.05, 0.1) is 7.11 Å². The Morgan fingerprint density at radius 2 is 1.87 bits per heavy atom. The number of carbonyl (C=O) groups excluding carboxylic acids is 2. The van der Waals surface area contributed by atoms with Gasteiger partial charge in [-0.2, -0.15) is 0 Å². The van der Waals surface area contributed by atoms with E-state index in [1.165, 1.54) is 0 Å². The van der Waals surface area contributed by atoms with Crippen molar-refractivity contribution in [3.63, 3.8) is 0 Å². The first-order chi connectivity index (χ1) is 10.6. The first-order valence-corrected chi connectivity index (χ1v) is 8.83. The molecular weight excluding hydrogens is 308 g/mol. The first-order valence-electron chi connectivity index (χ1n) is 7.75. The summed E-state index contributed by atoms with van der Waals surface area (Å²) in [5, 5.41) is 0. The number of ketones is 1. The van der Waals surface area contributed by atoms with Crippen LogP contribution in [0.4, 0.5) is 4.79 Å². The van der Waals surface area contributed by atoms with Crippen molar-refractivity contribution in [2.24, 2.45) is 11.3 Å². The number of benzene rings is 1. The summed E-state index contributed by atoms with van der Waals surface area (Å²) in [6.45, 7) is 9.89. The van der Waals surface area contributed by atoms with Gasteiger partial charge in [0, 0.05) is 11.5 Å². The van der Waals surface area contributed by atoms with E-state index in [1.807, 2.05) is 58.9 Å². The van der Waals surface area contributed by atoms with Crippen molar-refractivity contribution >= 4 is 20.9 Å². The summed E-state index contributed by atoms with van der Waals surface area (Å²) >= 11 is 0. The van der Waals surface area contributed by atoms with Gasteiger partial charge in [-0.15, -0.1) is 0 Å². The Labute approximate surface area is 141 Å². The first kappa shape index (κ1) is 19.4. The van der Waals surface area contributed by atoms with Crippen LogP contribution in [0.1, 0.15) is 40.2 Å². The number of hydrogen-bond donors (Lipinski definition) is 0. The van der Waals surface area contributed by atoms with Gasteiger partial charge in [0.25, 0.3) is 5.59 Å². The van der Waals surface area contributed by atoms with Crippen LogP contribution in [0.5, 0.6) is 5.75 Å². The number of rotatable bonds is 7. The molecule has 0 saturated heterocycles. The zero-order chi connectivity index (χ0) is 17.6. The Morgan fingerprint density at radius 3 is 2.39 bits per heavy atom. The van der Waals surface area contributed by atoms with Crippen molar-refractivity contribution in [1.29, 1.82) is 0 Å². The third-order valence-corrected chi connectivity index (χ3v) is 5.31. The summed E-state index contributed by atoms with van der Waals surface area (Å²) in [7, 11) is 1.42.